The SMILES string of the molecule is CC(=O)c1cccc(NC(=O)C2(C(=O)N3CCCC3)CC2)c1. The van der Waals surface area contributed by atoms with Crippen molar-refractivity contribution in [3.8, 4) is 0 Å². The van der Waals surface area contributed by atoms with Gasteiger partial charge in [0.2, 0.25) is 11.8 Å². The Balaban J connectivity index is 1.72. The normalized spacial score (nSPS) is 18.9. The molecular formula is C17H20N2O3. The highest BCUT2D eigenvalue weighted by atomic mass is 16.2. The number of hydrogen-bond donors (Lipinski definition) is 1. The third-order valence-electron chi connectivity index (χ3n) is 4.51. The lowest BCUT2D eigenvalue weighted by molar-refractivity contribution is -0.141. The fourth-order valence-electron chi connectivity index (χ4n) is 2.95. The third-order valence-corrected chi connectivity index (χ3v) is 4.51. The molecule has 1 aliphatic heterocycles. The predicted octanol–water partition coefficient (Wildman–Crippen LogP) is 2.23. The number of anilines is 1. The van der Waals surface area contributed by atoms with Gasteiger partial charge in [-0.1, -0.05) is 12.1 Å². The Labute approximate surface area is 129 Å². The summed E-state index contributed by atoms with van der Waals surface area (Å²) in [7, 11) is 0. The van der Waals surface area contributed by atoms with Gasteiger partial charge in [0.15, 0.2) is 5.78 Å². The summed E-state index contributed by atoms with van der Waals surface area (Å²) in [6, 6.07) is 6.83. The molecule has 0 radical (unpaired) electrons. The maximum atomic E-state index is 12.5. The van der Waals surface area contributed by atoms with Crippen LogP contribution in [0.1, 0.15) is 43.0 Å². The van der Waals surface area contributed by atoms with Crippen molar-refractivity contribution in [2.45, 2.75) is 32.6 Å². The highest BCUT2D eigenvalue weighted by Gasteiger charge is 2.58. The lowest BCUT2D eigenvalue weighted by Gasteiger charge is -2.22. The lowest BCUT2D eigenvalue weighted by Crippen LogP contribution is -2.41. The number of Topliss-reactive ketones (excluding diaryl/α,β-unsaturated/α-hetero) is 1. The Bertz CT molecular complexity index is 629. The quantitative estimate of drug-likeness (QED) is 0.685. The first-order chi connectivity index (χ1) is 10.5. The fourth-order valence-corrected chi connectivity index (χ4v) is 2.95. The monoisotopic (exact) mass is 300 g/mol. The molecule has 2 amide bonds. The van der Waals surface area contributed by atoms with E-state index in [0.717, 1.165) is 25.9 Å². The van der Waals surface area contributed by atoms with Crippen LogP contribution >= 0.6 is 0 Å². The van der Waals surface area contributed by atoms with Crippen LogP contribution in [0.5, 0.6) is 0 Å². The predicted molar refractivity (Wildman–Crippen MR) is 82.6 cm³/mol. The molecule has 5 nitrogen and oxygen atoms in total. The van der Waals surface area contributed by atoms with E-state index in [9.17, 15) is 14.4 Å². The second-order valence-electron chi connectivity index (χ2n) is 6.17. The number of nitrogens with one attached hydrogen (secondary N) is 1. The summed E-state index contributed by atoms with van der Waals surface area (Å²) >= 11 is 0. The summed E-state index contributed by atoms with van der Waals surface area (Å²) in [4.78, 5) is 38.3. The van der Waals surface area contributed by atoms with Gasteiger partial charge in [-0.05, 0) is 44.7 Å². The molecule has 0 aromatic heterocycles. The van der Waals surface area contributed by atoms with Crippen molar-refractivity contribution in [1.29, 1.82) is 0 Å². The van der Waals surface area contributed by atoms with Gasteiger partial charge in [-0.25, -0.2) is 0 Å². The van der Waals surface area contributed by atoms with Crippen LogP contribution in [0.4, 0.5) is 5.69 Å². The summed E-state index contributed by atoms with van der Waals surface area (Å²) in [6.07, 6.45) is 3.26. The molecule has 22 heavy (non-hydrogen) atoms. The number of ketones is 1. The van der Waals surface area contributed by atoms with Crippen LogP contribution in [0, 0.1) is 5.41 Å². The van der Waals surface area contributed by atoms with E-state index >= 15 is 0 Å². The van der Waals surface area contributed by atoms with Crippen molar-refractivity contribution in [3.05, 3.63) is 29.8 Å². The number of carbonyl (C=O) groups excluding carboxylic acids is 3. The van der Waals surface area contributed by atoms with Crippen molar-refractivity contribution in [2.24, 2.45) is 5.41 Å². The molecule has 0 spiro atoms. The molecule has 1 N–H and O–H groups in total. The second kappa shape index (κ2) is 5.55. The maximum absolute atomic E-state index is 12.5. The Morgan fingerprint density at radius 2 is 1.82 bits per heavy atom. The van der Waals surface area contributed by atoms with Gasteiger partial charge in [0.25, 0.3) is 0 Å². The van der Waals surface area contributed by atoms with Crippen molar-refractivity contribution < 1.29 is 14.4 Å². The van der Waals surface area contributed by atoms with Gasteiger partial charge in [-0.15, -0.1) is 0 Å². The minimum Gasteiger partial charge on any atom is -0.342 e. The van der Waals surface area contributed by atoms with E-state index in [-0.39, 0.29) is 17.6 Å². The zero-order chi connectivity index (χ0) is 15.7. The topological polar surface area (TPSA) is 66.5 Å². The van der Waals surface area contributed by atoms with Gasteiger partial charge in [0.05, 0.1) is 0 Å². The van der Waals surface area contributed by atoms with Gasteiger partial charge >= 0.3 is 0 Å². The molecular weight excluding hydrogens is 280 g/mol. The fraction of sp³-hybridized carbons (Fsp3) is 0.471. The van der Waals surface area contributed by atoms with Crippen LogP contribution in [-0.2, 0) is 9.59 Å². The third kappa shape index (κ3) is 2.63. The first kappa shape index (κ1) is 14.8. The lowest BCUT2D eigenvalue weighted by atomic mass is 10.0. The summed E-state index contributed by atoms with van der Waals surface area (Å²) in [5.74, 6) is -0.333. The van der Waals surface area contributed by atoms with Gasteiger partial charge in [0, 0.05) is 24.3 Å². The van der Waals surface area contributed by atoms with Crippen molar-refractivity contribution in [2.75, 3.05) is 18.4 Å². The molecule has 1 aliphatic carbocycles. The first-order valence-electron chi connectivity index (χ1n) is 7.75. The first-order valence-corrected chi connectivity index (χ1v) is 7.75. The van der Waals surface area contributed by atoms with E-state index < -0.39 is 5.41 Å². The summed E-state index contributed by atoms with van der Waals surface area (Å²) in [6.45, 7) is 3.00. The van der Waals surface area contributed by atoms with Crippen LogP contribution in [0.3, 0.4) is 0 Å². The number of amides is 2. The molecule has 1 saturated carbocycles. The van der Waals surface area contributed by atoms with Gasteiger partial charge in [0.1, 0.15) is 5.41 Å². The van der Waals surface area contributed by atoms with E-state index in [1.165, 1.54) is 6.92 Å². The molecule has 1 aromatic carbocycles. The molecule has 5 heteroatoms. The van der Waals surface area contributed by atoms with E-state index in [1.807, 2.05) is 0 Å². The molecule has 1 aromatic rings. The van der Waals surface area contributed by atoms with Crippen molar-refractivity contribution in [1.82, 2.24) is 4.90 Å². The molecule has 0 atom stereocenters. The summed E-state index contributed by atoms with van der Waals surface area (Å²) < 4.78 is 0. The molecule has 1 heterocycles. The van der Waals surface area contributed by atoms with E-state index in [2.05, 4.69) is 5.32 Å². The number of benzene rings is 1. The van der Waals surface area contributed by atoms with Crippen LogP contribution in [0.15, 0.2) is 24.3 Å². The van der Waals surface area contributed by atoms with Crippen molar-refractivity contribution >= 4 is 23.3 Å². The highest BCUT2D eigenvalue weighted by molar-refractivity contribution is 6.13. The summed E-state index contributed by atoms with van der Waals surface area (Å²) in [5.41, 5.74) is 0.239. The van der Waals surface area contributed by atoms with Crippen LogP contribution in [-0.4, -0.2) is 35.6 Å². The number of rotatable bonds is 4. The standard InChI is InChI=1S/C17H20N2O3/c1-12(20)13-5-4-6-14(11-13)18-15(21)17(7-8-17)16(22)19-9-2-3-10-19/h4-6,11H,2-3,7-10H2,1H3,(H,18,21). The van der Waals surface area contributed by atoms with E-state index in [4.69, 9.17) is 0 Å². The minimum atomic E-state index is -0.878. The second-order valence-corrected chi connectivity index (χ2v) is 6.17. The average Bonchev–Trinajstić information content (AvgIpc) is 3.14. The number of likely N-dealkylation sites (tertiary alicyclic amines) is 1. The van der Waals surface area contributed by atoms with E-state index in [1.54, 1.807) is 29.2 Å². The molecule has 3 rings (SSSR count). The zero-order valence-electron chi connectivity index (χ0n) is 12.7. The number of nitrogens with zero attached hydrogens (tertiary/aromatic N) is 1. The molecule has 0 unspecified atom stereocenters. The molecule has 116 valence electrons. The average molecular weight is 300 g/mol. The van der Waals surface area contributed by atoms with E-state index in [0.29, 0.717) is 24.1 Å². The number of carbonyl (C=O) groups is 3. The zero-order valence-corrected chi connectivity index (χ0v) is 12.7. The Hall–Kier alpha value is -2.17. The van der Waals surface area contributed by atoms with Gasteiger partial charge < -0.3 is 10.2 Å². The summed E-state index contributed by atoms with van der Waals surface area (Å²) in [5, 5.41) is 2.81. The smallest absolute Gasteiger partial charge is 0.240 e. The maximum Gasteiger partial charge on any atom is 0.240 e. The Kier molecular flexibility index (Phi) is 3.72. The molecule has 2 aliphatic rings. The van der Waals surface area contributed by atoms with Crippen LogP contribution in [0.2, 0.25) is 0 Å². The number of hydrogen-bond acceptors (Lipinski definition) is 3. The Morgan fingerprint density at radius 1 is 1.14 bits per heavy atom. The minimum absolute atomic E-state index is 0.0368. The van der Waals surface area contributed by atoms with Crippen molar-refractivity contribution in [3.63, 3.8) is 0 Å². The molecule has 2 fully saturated rings. The highest BCUT2D eigenvalue weighted by Crippen LogP contribution is 2.48. The van der Waals surface area contributed by atoms with Gasteiger partial charge in [-0.3, -0.25) is 14.4 Å². The molecule has 1 saturated heterocycles. The Morgan fingerprint density at radius 3 is 2.41 bits per heavy atom. The van der Waals surface area contributed by atoms with Gasteiger partial charge in [-0.2, -0.15) is 0 Å². The molecule has 0 bridgehead atoms. The van der Waals surface area contributed by atoms with Crippen LogP contribution in [0.25, 0.3) is 0 Å². The largest absolute Gasteiger partial charge is 0.342 e. The van der Waals surface area contributed by atoms with Crippen LogP contribution < -0.4 is 5.32 Å².